The Hall–Kier alpha value is -4.20. The topological polar surface area (TPSA) is 147 Å². The molecule has 0 radical (unpaired) electrons. The molecule has 10 nitrogen and oxygen atoms in total. The number of carboxylic acids is 1. The third-order valence-corrected chi connectivity index (χ3v) is 4.75. The standard InChI is InChI=1S/C23H19ClN4O6/c1-13-7-15(11-32-2)18(9-25)22(27-13)33-12-21(29)28-26-10-16-4-6-20(34-16)14-3-5-17(23(30)31)19(24)8-14/h3-8,10H,11-12H2,1-2H3,(H,28,29)(H,30,31)/b26-10-. The van der Waals surface area contributed by atoms with E-state index in [1.54, 1.807) is 31.2 Å². The predicted octanol–water partition coefficient (Wildman–Crippen LogP) is 3.55. The van der Waals surface area contributed by atoms with E-state index < -0.39 is 18.5 Å². The van der Waals surface area contributed by atoms with E-state index in [1.807, 2.05) is 6.07 Å². The molecule has 0 aliphatic carbocycles. The molecular formula is C23H19ClN4O6. The molecule has 1 amide bonds. The number of aromatic carboxylic acids is 1. The fourth-order valence-electron chi connectivity index (χ4n) is 2.96. The second-order valence-corrected chi connectivity index (χ2v) is 7.34. The molecule has 3 aromatic rings. The lowest BCUT2D eigenvalue weighted by Gasteiger charge is -2.10. The first kappa shape index (κ1) is 24.4. The molecule has 1 aromatic carbocycles. The van der Waals surface area contributed by atoms with Crippen LogP contribution in [0, 0.1) is 18.3 Å². The number of ether oxygens (including phenoxy) is 2. The van der Waals surface area contributed by atoms with Crippen LogP contribution in [0.25, 0.3) is 11.3 Å². The van der Waals surface area contributed by atoms with Gasteiger partial charge in [-0.3, -0.25) is 4.79 Å². The number of hydrazone groups is 1. The number of rotatable bonds is 9. The molecular weight excluding hydrogens is 464 g/mol. The predicted molar refractivity (Wildman–Crippen MR) is 122 cm³/mol. The van der Waals surface area contributed by atoms with E-state index in [0.717, 1.165) is 0 Å². The third kappa shape index (κ3) is 5.98. The van der Waals surface area contributed by atoms with Crippen LogP contribution in [0.3, 0.4) is 0 Å². The van der Waals surface area contributed by atoms with Crippen LogP contribution in [0.5, 0.6) is 5.88 Å². The highest BCUT2D eigenvalue weighted by Crippen LogP contribution is 2.27. The average molecular weight is 483 g/mol. The summed E-state index contributed by atoms with van der Waals surface area (Å²) >= 11 is 5.99. The van der Waals surface area contributed by atoms with E-state index in [-0.39, 0.29) is 28.6 Å². The number of hydrogen-bond donors (Lipinski definition) is 2. The number of carbonyl (C=O) groups excluding carboxylic acids is 1. The van der Waals surface area contributed by atoms with E-state index >= 15 is 0 Å². The van der Waals surface area contributed by atoms with Crippen LogP contribution < -0.4 is 10.2 Å². The first-order valence-electron chi connectivity index (χ1n) is 9.79. The summed E-state index contributed by atoms with van der Waals surface area (Å²) in [6, 6.07) is 11.4. The number of pyridine rings is 1. The maximum absolute atomic E-state index is 12.1. The highest BCUT2D eigenvalue weighted by Gasteiger charge is 2.14. The molecule has 34 heavy (non-hydrogen) atoms. The Labute approximate surface area is 199 Å². The molecule has 0 bridgehead atoms. The Kier molecular flexibility index (Phi) is 7.97. The first-order valence-corrected chi connectivity index (χ1v) is 10.2. The molecule has 2 aromatic heterocycles. The molecule has 0 atom stereocenters. The summed E-state index contributed by atoms with van der Waals surface area (Å²) in [5, 5.41) is 22.3. The van der Waals surface area contributed by atoms with Gasteiger partial charge in [0.05, 0.1) is 23.4 Å². The third-order valence-electron chi connectivity index (χ3n) is 4.44. The van der Waals surface area contributed by atoms with Crippen molar-refractivity contribution >= 4 is 29.7 Å². The lowest BCUT2D eigenvalue weighted by molar-refractivity contribution is -0.123. The normalized spacial score (nSPS) is 10.8. The number of aryl methyl sites for hydroxylation is 1. The Morgan fingerprint density at radius 2 is 2.12 bits per heavy atom. The molecule has 174 valence electrons. The monoisotopic (exact) mass is 482 g/mol. The fraction of sp³-hybridized carbons (Fsp3) is 0.174. The molecule has 11 heteroatoms. The van der Waals surface area contributed by atoms with Gasteiger partial charge in [0.25, 0.3) is 5.91 Å². The number of amides is 1. The summed E-state index contributed by atoms with van der Waals surface area (Å²) in [7, 11) is 1.51. The molecule has 2 N–H and O–H groups in total. The average Bonchev–Trinajstić information content (AvgIpc) is 3.26. The molecule has 0 unspecified atom stereocenters. The van der Waals surface area contributed by atoms with E-state index in [9.17, 15) is 14.9 Å². The number of nitriles is 1. The Morgan fingerprint density at radius 1 is 1.32 bits per heavy atom. The van der Waals surface area contributed by atoms with Gasteiger partial charge in [0.1, 0.15) is 23.2 Å². The summed E-state index contributed by atoms with van der Waals surface area (Å²) in [6.45, 7) is 1.54. The number of carboxylic acid groups (broad SMARTS) is 1. The molecule has 0 saturated heterocycles. The number of benzene rings is 1. The van der Waals surface area contributed by atoms with Crippen LogP contribution in [0.4, 0.5) is 0 Å². The second-order valence-electron chi connectivity index (χ2n) is 6.93. The van der Waals surface area contributed by atoms with E-state index in [2.05, 4.69) is 15.5 Å². The molecule has 0 aliphatic heterocycles. The second kappa shape index (κ2) is 11.1. The van der Waals surface area contributed by atoms with Crippen molar-refractivity contribution in [2.45, 2.75) is 13.5 Å². The van der Waals surface area contributed by atoms with E-state index in [4.69, 9.17) is 30.6 Å². The van der Waals surface area contributed by atoms with Gasteiger partial charge in [-0.05, 0) is 37.3 Å². The molecule has 0 fully saturated rings. The summed E-state index contributed by atoms with van der Waals surface area (Å²) in [5.41, 5.74) is 4.29. The van der Waals surface area contributed by atoms with Crippen LogP contribution in [-0.2, 0) is 16.1 Å². The van der Waals surface area contributed by atoms with Crippen molar-refractivity contribution < 1.29 is 28.6 Å². The van der Waals surface area contributed by atoms with Gasteiger partial charge in [0.2, 0.25) is 5.88 Å². The number of methoxy groups -OCH3 is 1. The lowest BCUT2D eigenvalue weighted by Crippen LogP contribution is -2.25. The number of aromatic nitrogens is 1. The van der Waals surface area contributed by atoms with Gasteiger partial charge in [-0.1, -0.05) is 17.7 Å². The molecule has 0 spiro atoms. The number of furan rings is 1. The van der Waals surface area contributed by atoms with Crippen molar-refractivity contribution in [2.75, 3.05) is 13.7 Å². The number of carbonyl (C=O) groups is 2. The minimum Gasteiger partial charge on any atom is -0.478 e. The number of nitrogens with zero attached hydrogens (tertiary/aromatic N) is 3. The highest BCUT2D eigenvalue weighted by atomic mass is 35.5. The van der Waals surface area contributed by atoms with E-state index in [0.29, 0.717) is 28.3 Å². The van der Waals surface area contributed by atoms with Gasteiger partial charge in [-0.25, -0.2) is 15.2 Å². The number of halogens is 1. The zero-order valence-corrected chi connectivity index (χ0v) is 18.9. The summed E-state index contributed by atoms with van der Waals surface area (Å²) in [4.78, 5) is 27.3. The summed E-state index contributed by atoms with van der Waals surface area (Å²) < 4.78 is 16.1. The van der Waals surface area contributed by atoms with Crippen molar-refractivity contribution in [3.63, 3.8) is 0 Å². The zero-order chi connectivity index (χ0) is 24.7. The SMILES string of the molecule is COCc1cc(C)nc(OCC(=O)N/N=C\c2ccc(-c3ccc(C(=O)O)c(Cl)c3)o2)c1C#N. The van der Waals surface area contributed by atoms with E-state index in [1.165, 1.54) is 25.5 Å². The van der Waals surface area contributed by atoms with Crippen LogP contribution >= 0.6 is 11.6 Å². The van der Waals surface area contributed by atoms with Crippen molar-refractivity contribution in [3.8, 4) is 23.3 Å². The largest absolute Gasteiger partial charge is 0.478 e. The van der Waals surface area contributed by atoms with Crippen molar-refractivity contribution in [1.29, 1.82) is 5.26 Å². The zero-order valence-electron chi connectivity index (χ0n) is 18.2. The Bertz CT molecular complexity index is 1300. The van der Waals surface area contributed by atoms with Crippen LogP contribution in [0.15, 0.2) is 45.9 Å². The number of hydrogen-bond acceptors (Lipinski definition) is 8. The summed E-state index contributed by atoms with van der Waals surface area (Å²) in [5.74, 6) is -0.875. The minimum absolute atomic E-state index is 0.0126. The van der Waals surface area contributed by atoms with Gasteiger partial charge < -0.3 is 19.0 Å². The lowest BCUT2D eigenvalue weighted by atomic mass is 10.1. The van der Waals surface area contributed by atoms with Crippen LogP contribution in [0.1, 0.15) is 32.9 Å². The maximum atomic E-state index is 12.1. The Morgan fingerprint density at radius 3 is 2.79 bits per heavy atom. The molecule has 3 rings (SSSR count). The van der Waals surface area contributed by atoms with Crippen LogP contribution in [-0.4, -0.2) is 41.9 Å². The van der Waals surface area contributed by atoms with Crippen molar-refractivity contribution in [3.05, 3.63) is 69.6 Å². The highest BCUT2D eigenvalue weighted by molar-refractivity contribution is 6.33. The number of nitrogens with one attached hydrogen (secondary N) is 1. The fourth-order valence-corrected chi connectivity index (χ4v) is 3.22. The van der Waals surface area contributed by atoms with Crippen LogP contribution in [0.2, 0.25) is 5.02 Å². The molecule has 0 saturated carbocycles. The minimum atomic E-state index is -1.12. The molecule has 2 heterocycles. The van der Waals surface area contributed by atoms with Crippen molar-refractivity contribution in [1.82, 2.24) is 10.4 Å². The van der Waals surface area contributed by atoms with Gasteiger partial charge in [-0.2, -0.15) is 10.4 Å². The van der Waals surface area contributed by atoms with Gasteiger partial charge >= 0.3 is 5.97 Å². The quantitative estimate of drug-likeness (QED) is 0.347. The maximum Gasteiger partial charge on any atom is 0.337 e. The first-order chi connectivity index (χ1) is 16.3. The van der Waals surface area contributed by atoms with Gasteiger partial charge in [0.15, 0.2) is 6.61 Å². The van der Waals surface area contributed by atoms with Gasteiger partial charge in [-0.15, -0.1) is 0 Å². The molecule has 0 aliphatic rings. The smallest absolute Gasteiger partial charge is 0.337 e. The van der Waals surface area contributed by atoms with Crippen molar-refractivity contribution in [2.24, 2.45) is 5.10 Å². The van der Waals surface area contributed by atoms with Gasteiger partial charge in [0, 0.05) is 23.9 Å². The summed E-state index contributed by atoms with van der Waals surface area (Å²) in [6.07, 6.45) is 1.29. The Balaban J connectivity index is 1.60.